The predicted molar refractivity (Wildman–Crippen MR) is 72.7 cm³/mol. The molecule has 1 aromatic carbocycles. The molecule has 2 rings (SSSR count). The van der Waals surface area contributed by atoms with Crippen LogP contribution in [0.1, 0.15) is 31.1 Å². The third-order valence-electron chi connectivity index (χ3n) is 2.50. The summed E-state index contributed by atoms with van der Waals surface area (Å²) >= 11 is 0. The van der Waals surface area contributed by atoms with Crippen LogP contribution in [0, 0.1) is 0 Å². The van der Waals surface area contributed by atoms with E-state index < -0.39 is 11.7 Å². The maximum atomic E-state index is 11.7. The molecule has 0 aromatic heterocycles. The van der Waals surface area contributed by atoms with E-state index in [1.807, 2.05) is 0 Å². The molecule has 0 unspecified atom stereocenters. The van der Waals surface area contributed by atoms with E-state index in [4.69, 9.17) is 14.2 Å². The van der Waals surface area contributed by atoms with Crippen LogP contribution in [0.4, 0.5) is 10.5 Å². The van der Waals surface area contributed by atoms with Gasteiger partial charge in [-0.25, -0.2) is 4.79 Å². The van der Waals surface area contributed by atoms with Crippen LogP contribution in [0.5, 0.6) is 11.5 Å². The number of carbonyl (C=O) groups excluding carboxylic acids is 2. The van der Waals surface area contributed by atoms with Crippen molar-refractivity contribution in [1.29, 1.82) is 0 Å². The molecule has 1 aromatic rings. The van der Waals surface area contributed by atoms with E-state index >= 15 is 0 Å². The maximum Gasteiger partial charge on any atom is 0.412 e. The van der Waals surface area contributed by atoms with Gasteiger partial charge in [-0.3, -0.25) is 10.1 Å². The lowest BCUT2D eigenvalue weighted by Gasteiger charge is -2.23. The Balaban J connectivity index is 2.24. The van der Waals surface area contributed by atoms with Crippen molar-refractivity contribution in [2.24, 2.45) is 0 Å². The number of carbonyl (C=O) groups is 2. The Hall–Kier alpha value is -2.24. The van der Waals surface area contributed by atoms with Gasteiger partial charge >= 0.3 is 6.09 Å². The first kappa shape index (κ1) is 14.2. The van der Waals surface area contributed by atoms with Gasteiger partial charge in [0.2, 0.25) is 0 Å². The molecule has 108 valence electrons. The van der Waals surface area contributed by atoms with Gasteiger partial charge in [0.25, 0.3) is 0 Å². The van der Waals surface area contributed by atoms with Gasteiger partial charge < -0.3 is 14.2 Å². The smallest absolute Gasteiger partial charge is 0.412 e. The van der Waals surface area contributed by atoms with Gasteiger partial charge in [0.15, 0.2) is 17.8 Å². The first-order valence-corrected chi connectivity index (χ1v) is 6.28. The Bertz CT molecular complexity index is 533. The highest BCUT2D eigenvalue weighted by molar-refractivity contribution is 5.96. The number of rotatable bonds is 2. The molecule has 0 radical (unpaired) electrons. The van der Waals surface area contributed by atoms with Crippen molar-refractivity contribution in [2.75, 3.05) is 18.5 Å². The van der Waals surface area contributed by atoms with E-state index in [0.29, 0.717) is 36.7 Å². The third-order valence-corrected chi connectivity index (χ3v) is 2.50. The Morgan fingerprint density at radius 2 is 2.00 bits per heavy atom. The topological polar surface area (TPSA) is 73.9 Å². The molecule has 0 fully saturated rings. The van der Waals surface area contributed by atoms with Crippen LogP contribution in [-0.2, 0) is 4.74 Å². The minimum atomic E-state index is -0.628. The Kier molecular flexibility index (Phi) is 3.83. The molecule has 0 saturated carbocycles. The highest BCUT2D eigenvalue weighted by Gasteiger charge is 2.22. The molecule has 6 heteroatoms. The second-order valence-electron chi connectivity index (χ2n) is 5.30. The zero-order valence-corrected chi connectivity index (χ0v) is 11.7. The predicted octanol–water partition coefficient (Wildman–Crippen LogP) is 2.62. The van der Waals surface area contributed by atoms with Gasteiger partial charge in [-0.05, 0) is 32.9 Å². The third kappa shape index (κ3) is 3.20. The average molecular weight is 279 g/mol. The number of benzene rings is 1. The second kappa shape index (κ2) is 5.40. The van der Waals surface area contributed by atoms with E-state index in [0.717, 1.165) is 0 Å². The van der Waals surface area contributed by atoms with Gasteiger partial charge in [0.05, 0.1) is 11.3 Å². The van der Waals surface area contributed by atoms with Crippen molar-refractivity contribution in [2.45, 2.75) is 26.4 Å². The maximum absolute atomic E-state index is 11.7. The first-order valence-electron chi connectivity index (χ1n) is 6.28. The Morgan fingerprint density at radius 3 is 2.65 bits per heavy atom. The minimum absolute atomic E-state index is 0.244. The van der Waals surface area contributed by atoms with Gasteiger partial charge in [-0.1, -0.05) is 0 Å². The minimum Gasteiger partial charge on any atom is -0.486 e. The lowest BCUT2D eigenvalue weighted by molar-refractivity contribution is 0.0636. The molecular weight excluding hydrogens is 262 g/mol. The van der Waals surface area contributed by atoms with Crippen LogP contribution in [0.25, 0.3) is 0 Å². The largest absolute Gasteiger partial charge is 0.486 e. The molecule has 0 bridgehead atoms. The van der Waals surface area contributed by atoms with Crippen molar-refractivity contribution in [3.63, 3.8) is 0 Å². The van der Waals surface area contributed by atoms with Gasteiger partial charge in [-0.15, -0.1) is 0 Å². The van der Waals surface area contributed by atoms with Crippen molar-refractivity contribution in [1.82, 2.24) is 0 Å². The highest BCUT2D eigenvalue weighted by atomic mass is 16.6. The first-order chi connectivity index (χ1) is 9.40. The normalized spacial score (nSPS) is 13.6. The van der Waals surface area contributed by atoms with Crippen LogP contribution in [0.15, 0.2) is 12.1 Å². The fourth-order valence-electron chi connectivity index (χ4n) is 1.78. The van der Waals surface area contributed by atoms with Crippen LogP contribution < -0.4 is 14.8 Å². The van der Waals surface area contributed by atoms with E-state index in [1.165, 1.54) is 0 Å². The summed E-state index contributed by atoms with van der Waals surface area (Å²) in [7, 11) is 0. The van der Waals surface area contributed by atoms with E-state index in [9.17, 15) is 9.59 Å². The fourth-order valence-corrected chi connectivity index (χ4v) is 1.78. The lowest BCUT2D eigenvalue weighted by atomic mass is 10.1. The van der Waals surface area contributed by atoms with Crippen LogP contribution in [0.3, 0.4) is 0 Å². The van der Waals surface area contributed by atoms with E-state index in [2.05, 4.69) is 5.32 Å². The average Bonchev–Trinajstić information content (AvgIpc) is 2.36. The van der Waals surface area contributed by atoms with Crippen molar-refractivity contribution in [3.05, 3.63) is 17.7 Å². The van der Waals surface area contributed by atoms with Crippen molar-refractivity contribution in [3.8, 4) is 11.5 Å². The molecule has 1 aliphatic rings. The van der Waals surface area contributed by atoms with Crippen LogP contribution >= 0.6 is 0 Å². The standard InChI is InChI=1S/C14H17NO5/c1-14(2,3)20-13(17)15-10-4-5-11-12(9(10)8-16)19-7-6-18-11/h4-5,8H,6-7H2,1-3H3,(H,15,17). The van der Waals surface area contributed by atoms with Crippen LogP contribution in [0.2, 0.25) is 0 Å². The number of ether oxygens (including phenoxy) is 3. The molecule has 6 nitrogen and oxygen atoms in total. The molecule has 20 heavy (non-hydrogen) atoms. The summed E-state index contributed by atoms with van der Waals surface area (Å²) in [4.78, 5) is 23.0. The molecule has 1 amide bonds. The quantitative estimate of drug-likeness (QED) is 0.842. The molecule has 1 aliphatic heterocycles. The highest BCUT2D eigenvalue weighted by Crippen LogP contribution is 2.37. The monoisotopic (exact) mass is 279 g/mol. The van der Waals surface area contributed by atoms with Crippen LogP contribution in [-0.4, -0.2) is 31.2 Å². The van der Waals surface area contributed by atoms with Crippen molar-refractivity contribution >= 4 is 18.1 Å². The number of hydrogen-bond acceptors (Lipinski definition) is 5. The zero-order valence-electron chi connectivity index (χ0n) is 11.7. The zero-order chi connectivity index (χ0) is 14.8. The molecule has 1 N–H and O–H groups in total. The molecular formula is C14H17NO5. The lowest BCUT2D eigenvalue weighted by Crippen LogP contribution is -2.27. The summed E-state index contributed by atoms with van der Waals surface area (Å²) < 4.78 is 15.9. The second-order valence-corrected chi connectivity index (χ2v) is 5.30. The van der Waals surface area contributed by atoms with Gasteiger partial charge in [0.1, 0.15) is 18.8 Å². The summed E-state index contributed by atoms with van der Waals surface area (Å²) in [6.45, 7) is 6.08. The Labute approximate surface area is 117 Å². The summed E-state index contributed by atoms with van der Waals surface area (Å²) in [5.74, 6) is 0.841. The Morgan fingerprint density at radius 1 is 1.30 bits per heavy atom. The molecule has 0 saturated heterocycles. The number of amides is 1. The molecule has 1 heterocycles. The molecule has 0 atom stereocenters. The fraction of sp³-hybridized carbons (Fsp3) is 0.429. The number of fused-ring (bicyclic) bond motifs is 1. The number of anilines is 1. The number of aldehydes is 1. The summed E-state index contributed by atoms with van der Waals surface area (Å²) in [5.41, 5.74) is -0.0363. The van der Waals surface area contributed by atoms with Crippen molar-refractivity contribution < 1.29 is 23.8 Å². The molecule has 0 aliphatic carbocycles. The SMILES string of the molecule is CC(C)(C)OC(=O)Nc1ccc2c(c1C=O)OCCO2. The summed E-state index contributed by atoms with van der Waals surface area (Å²) in [6.07, 6.45) is -0.00231. The molecule has 0 spiro atoms. The van der Waals surface area contributed by atoms with E-state index in [-0.39, 0.29) is 5.56 Å². The van der Waals surface area contributed by atoms with Gasteiger partial charge in [-0.2, -0.15) is 0 Å². The summed E-state index contributed by atoms with van der Waals surface area (Å²) in [5, 5.41) is 2.54. The van der Waals surface area contributed by atoms with E-state index in [1.54, 1.807) is 32.9 Å². The number of nitrogens with one attached hydrogen (secondary N) is 1. The van der Waals surface area contributed by atoms with Gasteiger partial charge in [0, 0.05) is 0 Å². The number of hydrogen-bond donors (Lipinski definition) is 1. The summed E-state index contributed by atoms with van der Waals surface area (Å²) in [6, 6.07) is 3.23.